The van der Waals surface area contributed by atoms with Gasteiger partial charge in [-0.1, -0.05) is 11.6 Å². The lowest BCUT2D eigenvalue weighted by Crippen LogP contribution is -2.34. The van der Waals surface area contributed by atoms with E-state index in [2.05, 4.69) is 0 Å². The third-order valence-corrected chi connectivity index (χ3v) is 5.37. The van der Waals surface area contributed by atoms with Crippen LogP contribution >= 0.6 is 11.6 Å². The lowest BCUT2D eigenvalue weighted by molar-refractivity contribution is 0.408. The molecular formula is C11H15ClN2O2S. The Labute approximate surface area is 106 Å². The van der Waals surface area contributed by atoms with Crippen LogP contribution in [0.3, 0.4) is 0 Å². The van der Waals surface area contributed by atoms with Gasteiger partial charge in [-0.05, 0) is 38.0 Å². The number of halogens is 1. The molecule has 1 saturated heterocycles. The molecule has 1 fully saturated rings. The summed E-state index contributed by atoms with van der Waals surface area (Å²) in [4.78, 5) is 0.149. The normalized spacial score (nSPS) is 21.9. The summed E-state index contributed by atoms with van der Waals surface area (Å²) in [7, 11) is -3.49. The number of nitrogens with zero attached hydrogens (tertiary/aromatic N) is 1. The molecule has 1 aromatic rings. The maximum absolute atomic E-state index is 12.4. The van der Waals surface area contributed by atoms with Crippen molar-refractivity contribution < 1.29 is 8.42 Å². The SMILES string of the molecule is CC1CCCN1S(=O)(=O)c1ccc(Cl)cc1N. The third-order valence-electron chi connectivity index (χ3n) is 3.05. The topological polar surface area (TPSA) is 63.4 Å². The van der Waals surface area contributed by atoms with E-state index in [-0.39, 0.29) is 16.6 Å². The van der Waals surface area contributed by atoms with Crippen molar-refractivity contribution in [1.82, 2.24) is 4.31 Å². The summed E-state index contributed by atoms with van der Waals surface area (Å²) in [6.07, 6.45) is 1.79. The first-order valence-corrected chi connectivity index (χ1v) is 7.31. The van der Waals surface area contributed by atoms with Gasteiger partial charge in [-0.25, -0.2) is 8.42 Å². The molecule has 0 saturated carbocycles. The molecule has 1 heterocycles. The van der Waals surface area contributed by atoms with E-state index in [4.69, 9.17) is 17.3 Å². The number of hydrogen-bond acceptors (Lipinski definition) is 3. The van der Waals surface area contributed by atoms with Crippen LogP contribution in [-0.4, -0.2) is 25.3 Å². The maximum Gasteiger partial charge on any atom is 0.245 e. The van der Waals surface area contributed by atoms with Crippen molar-refractivity contribution in [2.75, 3.05) is 12.3 Å². The van der Waals surface area contributed by atoms with Gasteiger partial charge >= 0.3 is 0 Å². The van der Waals surface area contributed by atoms with Gasteiger partial charge in [0.2, 0.25) is 10.0 Å². The second kappa shape index (κ2) is 4.48. The van der Waals surface area contributed by atoms with Crippen molar-refractivity contribution in [3.63, 3.8) is 0 Å². The smallest absolute Gasteiger partial charge is 0.245 e. The summed E-state index contributed by atoms with van der Waals surface area (Å²) in [5.41, 5.74) is 5.94. The van der Waals surface area contributed by atoms with E-state index >= 15 is 0 Å². The van der Waals surface area contributed by atoms with Crippen LogP contribution in [0, 0.1) is 0 Å². The highest BCUT2D eigenvalue weighted by Gasteiger charge is 2.33. The van der Waals surface area contributed by atoms with Crippen LogP contribution in [0.15, 0.2) is 23.1 Å². The Bertz CT molecular complexity index is 530. The van der Waals surface area contributed by atoms with Crippen LogP contribution in [0.4, 0.5) is 5.69 Å². The molecule has 0 aromatic heterocycles. The Morgan fingerprint density at radius 2 is 2.18 bits per heavy atom. The zero-order chi connectivity index (χ0) is 12.6. The van der Waals surface area contributed by atoms with E-state index < -0.39 is 10.0 Å². The van der Waals surface area contributed by atoms with Gasteiger partial charge in [0.25, 0.3) is 0 Å². The van der Waals surface area contributed by atoms with Gasteiger partial charge in [0.15, 0.2) is 0 Å². The summed E-state index contributed by atoms with van der Waals surface area (Å²) < 4.78 is 26.3. The highest BCUT2D eigenvalue weighted by atomic mass is 35.5. The van der Waals surface area contributed by atoms with Crippen LogP contribution in [0.5, 0.6) is 0 Å². The summed E-state index contributed by atoms with van der Waals surface area (Å²) in [5.74, 6) is 0. The van der Waals surface area contributed by atoms with Crippen LogP contribution < -0.4 is 5.73 Å². The number of nitrogen functional groups attached to an aromatic ring is 1. The molecule has 0 bridgehead atoms. The molecule has 1 unspecified atom stereocenters. The van der Waals surface area contributed by atoms with Gasteiger partial charge in [-0.15, -0.1) is 0 Å². The van der Waals surface area contributed by atoms with E-state index in [1.165, 1.54) is 16.4 Å². The number of hydrogen-bond donors (Lipinski definition) is 1. The third kappa shape index (κ3) is 2.27. The van der Waals surface area contributed by atoms with Gasteiger partial charge in [-0.2, -0.15) is 4.31 Å². The fraction of sp³-hybridized carbons (Fsp3) is 0.455. The van der Waals surface area contributed by atoms with E-state index in [1.807, 2.05) is 6.92 Å². The Kier molecular flexibility index (Phi) is 3.34. The predicted octanol–water partition coefficient (Wildman–Crippen LogP) is 2.10. The second-order valence-corrected chi connectivity index (χ2v) is 6.58. The van der Waals surface area contributed by atoms with E-state index in [0.717, 1.165) is 12.8 Å². The molecule has 17 heavy (non-hydrogen) atoms. The molecule has 4 nitrogen and oxygen atoms in total. The van der Waals surface area contributed by atoms with E-state index in [9.17, 15) is 8.42 Å². The van der Waals surface area contributed by atoms with Crippen LogP contribution in [0.2, 0.25) is 5.02 Å². The van der Waals surface area contributed by atoms with Gasteiger partial charge in [0, 0.05) is 17.6 Å². The molecule has 94 valence electrons. The number of sulfonamides is 1. The number of benzene rings is 1. The summed E-state index contributed by atoms with van der Waals surface area (Å²) in [6, 6.07) is 4.52. The Morgan fingerprint density at radius 3 is 2.71 bits per heavy atom. The Balaban J connectivity index is 2.44. The first-order chi connectivity index (χ1) is 7.93. The fourth-order valence-electron chi connectivity index (χ4n) is 2.14. The quantitative estimate of drug-likeness (QED) is 0.840. The van der Waals surface area contributed by atoms with Gasteiger partial charge in [0.05, 0.1) is 5.69 Å². The number of rotatable bonds is 2. The molecule has 1 aromatic carbocycles. The molecule has 0 spiro atoms. The van der Waals surface area contributed by atoms with Gasteiger partial charge in [-0.3, -0.25) is 0 Å². The summed E-state index contributed by atoms with van der Waals surface area (Å²) >= 11 is 5.77. The minimum Gasteiger partial charge on any atom is -0.398 e. The lowest BCUT2D eigenvalue weighted by Gasteiger charge is -2.21. The van der Waals surface area contributed by atoms with Crippen molar-refractivity contribution in [1.29, 1.82) is 0 Å². The average Bonchev–Trinajstić information content (AvgIpc) is 2.64. The molecule has 2 N–H and O–H groups in total. The van der Waals surface area contributed by atoms with Gasteiger partial charge < -0.3 is 5.73 Å². The van der Waals surface area contributed by atoms with Crippen molar-refractivity contribution in [2.45, 2.75) is 30.7 Å². The summed E-state index contributed by atoms with van der Waals surface area (Å²) in [5, 5.41) is 0.441. The van der Waals surface area contributed by atoms with Crippen molar-refractivity contribution in [3.8, 4) is 0 Å². The minimum atomic E-state index is -3.49. The zero-order valence-electron chi connectivity index (χ0n) is 9.56. The lowest BCUT2D eigenvalue weighted by atomic mass is 10.3. The largest absolute Gasteiger partial charge is 0.398 e. The maximum atomic E-state index is 12.4. The first kappa shape index (κ1) is 12.7. The highest BCUT2D eigenvalue weighted by Crippen LogP contribution is 2.30. The van der Waals surface area contributed by atoms with Gasteiger partial charge in [0.1, 0.15) is 4.90 Å². The van der Waals surface area contributed by atoms with E-state index in [1.54, 1.807) is 6.07 Å². The molecule has 1 aliphatic rings. The van der Waals surface area contributed by atoms with Crippen LogP contribution in [0.25, 0.3) is 0 Å². The molecule has 2 rings (SSSR count). The summed E-state index contributed by atoms with van der Waals surface area (Å²) in [6.45, 7) is 2.47. The predicted molar refractivity (Wildman–Crippen MR) is 68.5 cm³/mol. The minimum absolute atomic E-state index is 0.0371. The standard InChI is InChI=1S/C11H15ClN2O2S/c1-8-3-2-6-14(8)17(15,16)11-5-4-9(12)7-10(11)13/h4-5,7-8H,2-3,6,13H2,1H3. The molecule has 6 heteroatoms. The second-order valence-electron chi connectivity index (χ2n) is 4.29. The monoisotopic (exact) mass is 274 g/mol. The van der Waals surface area contributed by atoms with Crippen LogP contribution in [-0.2, 0) is 10.0 Å². The average molecular weight is 275 g/mol. The molecule has 0 aliphatic carbocycles. The van der Waals surface area contributed by atoms with E-state index in [0.29, 0.717) is 11.6 Å². The Morgan fingerprint density at radius 1 is 1.47 bits per heavy atom. The first-order valence-electron chi connectivity index (χ1n) is 5.50. The van der Waals surface area contributed by atoms with Crippen molar-refractivity contribution in [3.05, 3.63) is 23.2 Å². The fourth-order valence-corrected chi connectivity index (χ4v) is 4.12. The number of anilines is 1. The zero-order valence-corrected chi connectivity index (χ0v) is 11.1. The van der Waals surface area contributed by atoms with Crippen molar-refractivity contribution in [2.24, 2.45) is 0 Å². The van der Waals surface area contributed by atoms with Crippen molar-refractivity contribution >= 4 is 27.3 Å². The molecule has 1 atom stereocenters. The Hall–Kier alpha value is -0.780. The molecule has 0 amide bonds. The molecule has 0 radical (unpaired) electrons. The highest BCUT2D eigenvalue weighted by molar-refractivity contribution is 7.89. The number of nitrogens with two attached hydrogens (primary N) is 1. The van der Waals surface area contributed by atoms with Crippen LogP contribution in [0.1, 0.15) is 19.8 Å². The molecular weight excluding hydrogens is 260 g/mol. The molecule has 1 aliphatic heterocycles.